The van der Waals surface area contributed by atoms with E-state index in [9.17, 15) is 14.4 Å². The molecule has 1 heterocycles. The number of rotatable bonds is 7. The average molecular weight is 353 g/mol. The van der Waals surface area contributed by atoms with E-state index in [1.807, 2.05) is 66.5 Å². The molecule has 0 fully saturated rings. The molecule has 0 aliphatic carbocycles. The van der Waals surface area contributed by atoms with Crippen LogP contribution in [0.1, 0.15) is 22.8 Å². The number of anilines is 1. The lowest BCUT2D eigenvalue weighted by atomic mass is 10.2. The monoisotopic (exact) mass is 353 g/mol. The second-order valence-electron chi connectivity index (χ2n) is 5.88. The number of carbonyl (C=O) groups excluding carboxylic acids is 1. The van der Waals surface area contributed by atoms with Gasteiger partial charge in [0.2, 0.25) is 0 Å². The van der Waals surface area contributed by atoms with Crippen LogP contribution < -0.4 is 16.1 Å². The van der Waals surface area contributed by atoms with E-state index in [0.29, 0.717) is 25.2 Å². The van der Waals surface area contributed by atoms with Crippen molar-refractivity contribution in [3.05, 3.63) is 86.6 Å². The maximum atomic E-state index is 12.4. The molecule has 26 heavy (non-hydrogen) atoms. The Morgan fingerprint density at radius 1 is 1.04 bits per heavy atom. The molecule has 1 aromatic carbocycles. The Morgan fingerprint density at radius 2 is 1.73 bits per heavy atom. The zero-order valence-corrected chi connectivity index (χ0v) is 15.3. The summed E-state index contributed by atoms with van der Waals surface area (Å²) >= 11 is 0. The largest absolute Gasteiger partial charge is 0.349 e. The van der Waals surface area contributed by atoms with Gasteiger partial charge in [0, 0.05) is 27.2 Å². The van der Waals surface area contributed by atoms with Gasteiger partial charge in [0.05, 0.1) is 0 Å². The highest BCUT2D eigenvalue weighted by Crippen LogP contribution is 2.17. The standard InChI is InChI=1S/C20H23N3O3/c1-4-5-6-10-13-23(14-16-11-8-7-9-12-16)18-17(15-24)19(25)22(3)20(26)21(18)2/h4-12,15H,13-14H2,1-3H3/b5-4+,10-6+. The van der Waals surface area contributed by atoms with Crippen LogP contribution >= 0.6 is 0 Å². The lowest BCUT2D eigenvalue weighted by molar-refractivity contribution is 0.112. The van der Waals surface area contributed by atoms with E-state index >= 15 is 0 Å². The van der Waals surface area contributed by atoms with Crippen molar-refractivity contribution in [2.75, 3.05) is 11.4 Å². The number of aldehydes is 1. The van der Waals surface area contributed by atoms with E-state index in [0.717, 1.165) is 10.1 Å². The quantitative estimate of drug-likeness (QED) is 0.564. The highest BCUT2D eigenvalue weighted by molar-refractivity contribution is 5.82. The van der Waals surface area contributed by atoms with Gasteiger partial charge in [0.15, 0.2) is 6.29 Å². The Balaban J connectivity index is 2.59. The zero-order valence-electron chi connectivity index (χ0n) is 15.3. The summed E-state index contributed by atoms with van der Waals surface area (Å²) in [5.74, 6) is 0.321. The maximum absolute atomic E-state index is 12.4. The molecule has 1 aromatic heterocycles. The molecule has 0 amide bonds. The SMILES string of the molecule is C/C=C/C=C/CN(Cc1ccccc1)c1c(C=O)c(=O)n(C)c(=O)n1C. The summed E-state index contributed by atoms with van der Waals surface area (Å²) in [6.45, 7) is 2.82. The Bertz CT molecular complexity index is 937. The Labute approximate surface area is 152 Å². The van der Waals surface area contributed by atoms with E-state index in [1.165, 1.54) is 11.6 Å². The van der Waals surface area contributed by atoms with Crippen LogP contribution in [0, 0.1) is 0 Å². The van der Waals surface area contributed by atoms with Crippen LogP contribution in [-0.2, 0) is 20.6 Å². The summed E-state index contributed by atoms with van der Waals surface area (Å²) in [6, 6.07) is 9.69. The third-order valence-electron chi connectivity index (χ3n) is 4.07. The summed E-state index contributed by atoms with van der Waals surface area (Å²) in [7, 11) is 2.94. The van der Waals surface area contributed by atoms with Crippen molar-refractivity contribution in [2.45, 2.75) is 13.5 Å². The molecule has 0 unspecified atom stereocenters. The zero-order chi connectivity index (χ0) is 19.1. The predicted molar refractivity (Wildman–Crippen MR) is 104 cm³/mol. The van der Waals surface area contributed by atoms with Crippen LogP contribution in [0.4, 0.5) is 5.82 Å². The highest BCUT2D eigenvalue weighted by atomic mass is 16.2. The van der Waals surface area contributed by atoms with Gasteiger partial charge in [0.1, 0.15) is 11.4 Å². The van der Waals surface area contributed by atoms with Crippen molar-refractivity contribution >= 4 is 12.1 Å². The fourth-order valence-corrected chi connectivity index (χ4v) is 2.75. The van der Waals surface area contributed by atoms with Crippen LogP contribution in [0.3, 0.4) is 0 Å². The molecule has 0 atom stereocenters. The topological polar surface area (TPSA) is 64.3 Å². The van der Waals surface area contributed by atoms with Crippen molar-refractivity contribution in [2.24, 2.45) is 14.1 Å². The smallest absolute Gasteiger partial charge is 0.332 e. The minimum absolute atomic E-state index is 0.0232. The molecule has 0 saturated heterocycles. The first kappa shape index (κ1) is 19.2. The van der Waals surface area contributed by atoms with Gasteiger partial charge in [0.25, 0.3) is 5.56 Å². The molecule has 0 aliphatic heterocycles. The Hall–Kier alpha value is -3.15. The first-order valence-electron chi connectivity index (χ1n) is 8.33. The van der Waals surface area contributed by atoms with E-state index in [4.69, 9.17) is 0 Å². The van der Waals surface area contributed by atoms with Gasteiger partial charge in [-0.3, -0.25) is 18.7 Å². The lowest BCUT2D eigenvalue weighted by Gasteiger charge is -2.27. The lowest BCUT2D eigenvalue weighted by Crippen LogP contribution is -2.43. The molecule has 0 aliphatic rings. The van der Waals surface area contributed by atoms with Gasteiger partial charge in [-0.15, -0.1) is 0 Å². The molecule has 136 valence electrons. The molecule has 6 nitrogen and oxygen atoms in total. The van der Waals surface area contributed by atoms with Gasteiger partial charge in [-0.1, -0.05) is 54.6 Å². The number of carbonyl (C=O) groups is 1. The van der Waals surface area contributed by atoms with Crippen molar-refractivity contribution in [3.63, 3.8) is 0 Å². The second-order valence-corrected chi connectivity index (χ2v) is 5.88. The summed E-state index contributed by atoms with van der Waals surface area (Å²) in [6.07, 6.45) is 8.12. The van der Waals surface area contributed by atoms with Gasteiger partial charge in [-0.2, -0.15) is 0 Å². The van der Waals surface area contributed by atoms with Gasteiger partial charge in [-0.25, -0.2) is 4.79 Å². The summed E-state index contributed by atoms with van der Waals surface area (Å²) in [4.78, 5) is 38.2. The van der Waals surface area contributed by atoms with Crippen molar-refractivity contribution in [1.29, 1.82) is 0 Å². The average Bonchev–Trinajstić information content (AvgIpc) is 2.66. The van der Waals surface area contributed by atoms with Crippen LogP contribution in [-0.4, -0.2) is 22.0 Å². The number of allylic oxidation sites excluding steroid dienone is 3. The molecule has 0 N–H and O–H groups in total. The predicted octanol–water partition coefficient (Wildman–Crippen LogP) is 2.04. The Kier molecular flexibility index (Phi) is 6.49. The summed E-state index contributed by atoms with van der Waals surface area (Å²) < 4.78 is 2.29. The van der Waals surface area contributed by atoms with E-state index in [-0.39, 0.29) is 5.56 Å². The number of hydrogen-bond acceptors (Lipinski definition) is 4. The van der Waals surface area contributed by atoms with Crippen LogP contribution in [0.25, 0.3) is 0 Å². The Morgan fingerprint density at radius 3 is 2.35 bits per heavy atom. The number of hydrogen-bond donors (Lipinski definition) is 0. The third kappa shape index (κ3) is 4.08. The summed E-state index contributed by atoms with van der Waals surface area (Å²) in [5.41, 5.74) is -0.0680. The highest BCUT2D eigenvalue weighted by Gasteiger charge is 2.20. The fraction of sp³-hybridized carbons (Fsp3) is 0.250. The van der Waals surface area contributed by atoms with Crippen molar-refractivity contribution in [1.82, 2.24) is 9.13 Å². The number of nitrogens with zero attached hydrogens (tertiary/aromatic N) is 3. The molecule has 0 spiro atoms. The normalized spacial score (nSPS) is 11.3. The van der Waals surface area contributed by atoms with Gasteiger partial charge in [-0.05, 0) is 12.5 Å². The molecular weight excluding hydrogens is 330 g/mol. The third-order valence-corrected chi connectivity index (χ3v) is 4.07. The summed E-state index contributed by atoms with van der Waals surface area (Å²) in [5, 5.41) is 0. The molecule has 2 aromatic rings. The van der Waals surface area contributed by atoms with Gasteiger partial charge < -0.3 is 4.90 Å². The molecule has 2 rings (SSSR count). The van der Waals surface area contributed by atoms with Crippen LogP contribution in [0.2, 0.25) is 0 Å². The maximum Gasteiger partial charge on any atom is 0.332 e. The molecule has 6 heteroatoms. The van der Waals surface area contributed by atoms with Crippen molar-refractivity contribution < 1.29 is 4.79 Å². The first-order valence-corrected chi connectivity index (χ1v) is 8.33. The van der Waals surface area contributed by atoms with Crippen LogP contribution in [0.5, 0.6) is 0 Å². The number of aromatic nitrogens is 2. The first-order chi connectivity index (χ1) is 12.5. The minimum Gasteiger partial charge on any atom is -0.349 e. The van der Waals surface area contributed by atoms with Crippen LogP contribution in [0.15, 0.2) is 64.2 Å². The minimum atomic E-state index is -0.589. The van der Waals surface area contributed by atoms with Gasteiger partial charge >= 0.3 is 5.69 Å². The van der Waals surface area contributed by atoms with Crippen molar-refractivity contribution in [3.8, 4) is 0 Å². The number of benzene rings is 1. The van der Waals surface area contributed by atoms with E-state index in [1.54, 1.807) is 7.05 Å². The molecule has 0 bridgehead atoms. The van der Waals surface area contributed by atoms with E-state index < -0.39 is 11.2 Å². The van der Waals surface area contributed by atoms with E-state index in [2.05, 4.69) is 0 Å². The molecule has 0 radical (unpaired) electrons. The molecular formula is C20H23N3O3. The second kappa shape index (κ2) is 8.80. The fourth-order valence-electron chi connectivity index (χ4n) is 2.75. The molecule has 0 saturated carbocycles.